The number of ether oxygens (including phenoxy) is 1. The van der Waals surface area contributed by atoms with Crippen molar-refractivity contribution in [1.82, 2.24) is 0 Å². The van der Waals surface area contributed by atoms with E-state index in [1.54, 1.807) is 0 Å². The normalized spacial score (nSPS) is 20.4. The van der Waals surface area contributed by atoms with Gasteiger partial charge in [0.15, 0.2) is 0 Å². The summed E-state index contributed by atoms with van der Waals surface area (Å²) in [5.74, 6) is 0.685. The average Bonchev–Trinajstić information content (AvgIpc) is 2.39. The van der Waals surface area contributed by atoms with Crippen LogP contribution >= 0.6 is 11.6 Å². The van der Waals surface area contributed by atoms with Gasteiger partial charge in [-0.3, -0.25) is 14.9 Å². The van der Waals surface area contributed by atoms with Crippen LogP contribution < -0.4 is 4.74 Å². The topological polar surface area (TPSA) is 69.4 Å². The molecule has 0 radical (unpaired) electrons. The Morgan fingerprint density at radius 2 is 2.10 bits per heavy atom. The molecule has 0 spiro atoms. The van der Waals surface area contributed by atoms with Crippen molar-refractivity contribution in [2.75, 3.05) is 0 Å². The SMILES string of the molecule is CCC1(CC)C(=O)CC1Oc1ccc([N+](=O)[O-])c(Cl)c1. The molecular formula is C14H16ClNO4. The molecule has 2 rings (SSSR count). The lowest BCUT2D eigenvalue weighted by Gasteiger charge is -2.46. The summed E-state index contributed by atoms with van der Waals surface area (Å²) in [6, 6.07) is 4.26. The molecule has 6 heteroatoms. The minimum absolute atomic E-state index is 0.0387. The van der Waals surface area contributed by atoms with E-state index in [2.05, 4.69) is 0 Å². The van der Waals surface area contributed by atoms with E-state index in [0.717, 1.165) is 12.8 Å². The molecular weight excluding hydrogens is 282 g/mol. The highest BCUT2D eigenvalue weighted by Crippen LogP contribution is 2.46. The monoisotopic (exact) mass is 297 g/mol. The van der Waals surface area contributed by atoms with Crippen molar-refractivity contribution < 1.29 is 14.5 Å². The largest absolute Gasteiger partial charge is 0.489 e. The van der Waals surface area contributed by atoms with Crippen LogP contribution in [-0.2, 0) is 4.79 Å². The average molecular weight is 298 g/mol. The molecule has 0 amide bonds. The molecule has 20 heavy (non-hydrogen) atoms. The Kier molecular flexibility index (Phi) is 3.99. The predicted molar refractivity (Wildman–Crippen MR) is 75.2 cm³/mol. The minimum atomic E-state index is -0.540. The Morgan fingerprint density at radius 1 is 1.45 bits per heavy atom. The van der Waals surface area contributed by atoms with Crippen molar-refractivity contribution in [2.45, 2.75) is 39.2 Å². The highest BCUT2D eigenvalue weighted by atomic mass is 35.5. The molecule has 5 nitrogen and oxygen atoms in total. The summed E-state index contributed by atoms with van der Waals surface area (Å²) in [4.78, 5) is 22.0. The van der Waals surface area contributed by atoms with Crippen LogP contribution in [0, 0.1) is 15.5 Å². The first-order valence-electron chi connectivity index (χ1n) is 6.58. The summed E-state index contributed by atoms with van der Waals surface area (Å²) in [6.07, 6.45) is 1.67. The molecule has 1 fully saturated rings. The van der Waals surface area contributed by atoms with Gasteiger partial charge in [-0.1, -0.05) is 25.4 Å². The fraction of sp³-hybridized carbons (Fsp3) is 0.500. The number of carbonyl (C=O) groups excluding carboxylic acids is 1. The van der Waals surface area contributed by atoms with Crippen molar-refractivity contribution in [2.24, 2.45) is 5.41 Å². The maximum absolute atomic E-state index is 11.8. The van der Waals surface area contributed by atoms with Crippen LogP contribution in [0.4, 0.5) is 5.69 Å². The van der Waals surface area contributed by atoms with E-state index < -0.39 is 10.3 Å². The number of hydrogen-bond acceptors (Lipinski definition) is 4. The smallest absolute Gasteiger partial charge is 0.288 e. The van der Waals surface area contributed by atoms with Gasteiger partial charge in [0.1, 0.15) is 22.7 Å². The van der Waals surface area contributed by atoms with Crippen LogP contribution in [0.15, 0.2) is 18.2 Å². The van der Waals surface area contributed by atoms with Gasteiger partial charge in [-0.2, -0.15) is 0 Å². The molecule has 0 bridgehead atoms. The van der Waals surface area contributed by atoms with Gasteiger partial charge in [0.2, 0.25) is 0 Å². The van der Waals surface area contributed by atoms with Gasteiger partial charge >= 0.3 is 0 Å². The number of hydrogen-bond donors (Lipinski definition) is 0. The fourth-order valence-electron chi connectivity index (χ4n) is 2.74. The molecule has 0 aromatic heterocycles. The summed E-state index contributed by atoms with van der Waals surface area (Å²) in [6.45, 7) is 3.94. The molecule has 1 aromatic rings. The Bertz CT molecular complexity index is 554. The third kappa shape index (κ3) is 2.26. The lowest BCUT2D eigenvalue weighted by molar-refractivity contribution is -0.384. The standard InChI is InChI=1S/C14H16ClNO4/c1-3-14(4-2)12(17)8-13(14)20-9-5-6-11(16(18)19)10(15)7-9/h5-7,13H,3-4,8H2,1-2H3. The van der Waals surface area contributed by atoms with Gasteiger partial charge in [0.25, 0.3) is 5.69 Å². The van der Waals surface area contributed by atoms with E-state index in [1.165, 1.54) is 18.2 Å². The van der Waals surface area contributed by atoms with E-state index in [-0.39, 0.29) is 22.6 Å². The van der Waals surface area contributed by atoms with E-state index >= 15 is 0 Å². The Balaban J connectivity index is 2.17. The zero-order chi connectivity index (χ0) is 14.9. The van der Waals surface area contributed by atoms with Crippen LogP contribution in [0.25, 0.3) is 0 Å². The van der Waals surface area contributed by atoms with Crippen molar-refractivity contribution >= 4 is 23.1 Å². The molecule has 1 saturated carbocycles. The quantitative estimate of drug-likeness (QED) is 0.612. The number of nitro groups is 1. The first-order chi connectivity index (χ1) is 9.44. The first-order valence-corrected chi connectivity index (χ1v) is 6.96. The predicted octanol–water partition coefficient (Wildman–Crippen LogP) is 3.77. The maximum Gasteiger partial charge on any atom is 0.288 e. The number of Topliss-reactive ketones (excluding diaryl/α,β-unsaturated/α-hetero) is 1. The van der Waals surface area contributed by atoms with E-state index in [1.807, 2.05) is 13.8 Å². The van der Waals surface area contributed by atoms with Crippen molar-refractivity contribution in [3.63, 3.8) is 0 Å². The molecule has 0 N–H and O–H groups in total. The molecule has 1 unspecified atom stereocenters. The van der Waals surface area contributed by atoms with Crippen molar-refractivity contribution in [3.05, 3.63) is 33.3 Å². The highest BCUT2D eigenvalue weighted by Gasteiger charge is 2.53. The molecule has 108 valence electrons. The number of nitrogens with zero attached hydrogens (tertiary/aromatic N) is 1. The number of ketones is 1. The lowest BCUT2D eigenvalue weighted by atomic mass is 9.61. The van der Waals surface area contributed by atoms with Crippen LogP contribution in [0.2, 0.25) is 5.02 Å². The molecule has 0 aliphatic heterocycles. The zero-order valence-corrected chi connectivity index (χ0v) is 12.1. The summed E-state index contributed by atoms with van der Waals surface area (Å²) in [7, 11) is 0. The molecule has 1 aliphatic carbocycles. The Labute approximate surface area is 122 Å². The van der Waals surface area contributed by atoms with Crippen LogP contribution in [-0.4, -0.2) is 16.8 Å². The second-order valence-corrected chi connectivity index (χ2v) is 5.37. The fourth-order valence-corrected chi connectivity index (χ4v) is 2.98. The summed E-state index contributed by atoms with van der Waals surface area (Å²) < 4.78 is 5.81. The zero-order valence-electron chi connectivity index (χ0n) is 11.4. The lowest BCUT2D eigenvalue weighted by Crippen LogP contribution is -2.56. The molecule has 1 atom stereocenters. The summed E-state index contributed by atoms with van der Waals surface area (Å²) in [5.41, 5.74) is -0.574. The van der Waals surface area contributed by atoms with Gasteiger partial charge in [-0.25, -0.2) is 0 Å². The maximum atomic E-state index is 11.8. The molecule has 0 saturated heterocycles. The number of halogens is 1. The third-order valence-electron chi connectivity index (χ3n) is 4.20. The molecule has 1 aliphatic rings. The second-order valence-electron chi connectivity index (χ2n) is 4.97. The van der Waals surface area contributed by atoms with Crippen LogP contribution in [0.1, 0.15) is 33.1 Å². The molecule has 1 aromatic carbocycles. The Hall–Kier alpha value is -1.62. The summed E-state index contributed by atoms with van der Waals surface area (Å²) >= 11 is 5.85. The second kappa shape index (κ2) is 5.40. The number of rotatable bonds is 5. The number of carbonyl (C=O) groups is 1. The number of nitro benzene ring substituents is 1. The van der Waals surface area contributed by atoms with Gasteiger partial charge in [-0.05, 0) is 18.9 Å². The minimum Gasteiger partial charge on any atom is -0.489 e. The van der Waals surface area contributed by atoms with Crippen LogP contribution in [0.3, 0.4) is 0 Å². The number of benzene rings is 1. The van der Waals surface area contributed by atoms with Crippen molar-refractivity contribution in [3.8, 4) is 5.75 Å². The van der Waals surface area contributed by atoms with Gasteiger partial charge in [-0.15, -0.1) is 0 Å². The van der Waals surface area contributed by atoms with E-state index in [9.17, 15) is 14.9 Å². The van der Waals surface area contributed by atoms with Gasteiger partial charge in [0.05, 0.1) is 10.3 Å². The van der Waals surface area contributed by atoms with Crippen molar-refractivity contribution in [1.29, 1.82) is 0 Å². The first kappa shape index (κ1) is 14.8. The van der Waals surface area contributed by atoms with Gasteiger partial charge in [0, 0.05) is 18.6 Å². The Morgan fingerprint density at radius 3 is 2.55 bits per heavy atom. The highest BCUT2D eigenvalue weighted by molar-refractivity contribution is 6.32. The van der Waals surface area contributed by atoms with Gasteiger partial charge < -0.3 is 4.74 Å². The van der Waals surface area contributed by atoms with E-state index in [0.29, 0.717) is 12.2 Å². The van der Waals surface area contributed by atoms with E-state index in [4.69, 9.17) is 16.3 Å². The summed E-state index contributed by atoms with van der Waals surface area (Å²) in [5, 5.41) is 10.7. The molecule has 0 heterocycles. The van der Waals surface area contributed by atoms with Crippen LogP contribution in [0.5, 0.6) is 5.75 Å². The third-order valence-corrected chi connectivity index (χ3v) is 4.50.